The zero-order chi connectivity index (χ0) is 15.0. The topological polar surface area (TPSA) is 60.9 Å². The first-order valence-electron chi connectivity index (χ1n) is 7.42. The molecule has 0 radical (unpaired) electrons. The molecule has 2 heterocycles. The van der Waals surface area contributed by atoms with Gasteiger partial charge in [0.2, 0.25) is 10.0 Å². The Morgan fingerprint density at radius 2 is 1.95 bits per heavy atom. The fourth-order valence-electron chi connectivity index (χ4n) is 2.89. The minimum atomic E-state index is -3.47. The Morgan fingerprint density at radius 1 is 1.29 bits per heavy atom. The third kappa shape index (κ3) is 3.17. The van der Waals surface area contributed by atoms with Crippen LogP contribution < -0.4 is 0 Å². The van der Waals surface area contributed by atoms with Crippen LogP contribution >= 0.6 is 11.3 Å². The number of thiophene rings is 1. The number of hydrogen-bond acceptors (Lipinski definition) is 5. The predicted octanol–water partition coefficient (Wildman–Crippen LogP) is 1.27. The molecule has 0 atom stereocenters. The number of sulfonamides is 1. The maximum absolute atomic E-state index is 12.8. The van der Waals surface area contributed by atoms with Gasteiger partial charge in [0.25, 0.3) is 0 Å². The van der Waals surface area contributed by atoms with E-state index in [4.69, 9.17) is 0 Å². The van der Waals surface area contributed by atoms with Crippen molar-refractivity contribution in [3.63, 3.8) is 0 Å². The Labute approximate surface area is 130 Å². The van der Waals surface area contributed by atoms with Crippen LogP contribution in [0, 0.1) is 12.8 Å². The van der Waals surface area contributed by atoms with E-state index >= 15 is 0 Å². The molecule has 2 fully saturated rings. The Balaban J connectivity index is 1.72. The van der Waals surface area contributed by atoms with E-state index in [1.807, 2.05) is 5.38 Å². The fraction of sp³-hybridized carbons (Fsp3) is 0.714. The molecule has 1 saturated heterocycles. The molecule has 1 aliphatic heterocycles. The van der Waals surface area contributed by atoms with Gasteiger partial charge in [0.05, 0.1) is 11.5 Å². The van der Waals surface area contributed by atoms with E-state index in [9.17, 15) is 13.5 Å². The monoisotopic (exact) mass is 330 g/mol. The van der Waals surface area contributed by atoms with Gasteiger partial charge in [0.15, 0.2) is 0 Å². The molecule has 3 rings (SSSR count). The molecule has 0 aromatic carbocycles. The Hall–Kier alpha value is -0.470. The molecule has 0 amide bonds. The first-order chi connectivity index (χ1) is 10.0. The highest BCUT2D eigenvalue weighted by Crippen LogP contribution is 2.32. The SMILES string of the molecule is Cc1csc(CO)c1S(=O)(=O)N1CCN(CC2CC2)CC1. The number of aliphatic hydroxyl groups excluding tert-OH is 1. The lowest BCUT2D eigenvalue weighted by Crippen LogP contribution is -2.49. The second-order valence-electron chi connectivity index (χ2n) is 5.98. The largest absolute Gasteiger partial charge is 0.391 e. The normalized spacial score (nSPS) is 21.8. The van der Waals surface area contributed by atoms with Crippen LogP contribution in [0.25, 0.3) is 0 Å². The number of aliphatic hydroxyl groups is 1. The zero-order valence-corrected chi connectivity index (χ0v) is 13.9. The summed E-state index contributed by atoms with van der Waals surface area (Å²) >= 11 is 1.32. The van der Waals surface area contributed by atoms with Gasteiger partial charge >= 0.3 is 0 Å². The van der Waals surface area contributed by atoms with Crippen LogP contribution in [0.5, 0.6) is 0 Å². The lowest BCUT2D eigenvalue weighted by atomic mass is 10.3. The van der Waals surface area contributed by atoms with Crippen LogP contribution in [-0.2, 0) is 16.6 Å². The maximum atomic E-state index is 12.8. The fourth-order valence-corrected chi connectivity index (χ4v) is 5.92. The number of piperazine rings is 1. The zero-order valence-electron chi connectivity index (χ0n) is 12.3. The third-order valence-electron chi connectivity index (χ3n) is 4.28. The summed E-state index contributed by atoms with van der Waals surface area (Å²) in [6.07, 6.45) is 2.65. The molecule has 7 heteroatoms. The summed E-state index contributed by atoms with van der Waals surface area (Å²) in [5.74, 6) is 0.841. The highest BCUT2D eigenvalue weighted by molar-refractivity contribution is 7.89. The number of rotatable bonds is 5. The van der Waals surface area contributed by atoms with Gasteiger partial charge in [-0.15, -0.1) is 11.3 Å². The molecule has 0 bridgehead atoms. The van der Waals surface area contributed by atoms with E-state index < -0.39 is 10.0 Å². The minimum absolute atomic E-state index is 0.214. The van der Waals surface area contributed by atoms with E-state index in [2.05, 4.69) is 4.90 Å². The van der Waals surface area contributed by atoms with Crippen molar-refractivity contribution in [3.8, 4) is 0 Å². The van der Waals surface area contributed by atoms with Gasteiger partial charge in [-0.25, -0.2) is 8.42 Å². The van der Waals surface area contributed by atoms with Gasteiger partial charge in [0.1, 0.15) is 4.90 Å². The standard InChI is InChI=1S/C14H22N2O3S2/c1-11-10-20-13(9-17)14(11)21(18,19)16-6-4-15(5-7-16)8-12-2-3-12/h10,12,17H,2-9H2,1H3. The number of hydrogen-bond donors (Lipinski definition) is 1. The highest BCUT2D eigenvalue weighted by Gasteiger charge is 2.33. The van der Waals surface area contributed by atoms with Gasteiger partial charge in [0, 0.05) is 32.7 Å². The van der Waals surface area contributed by atoms with Gasteiger partial charge in [-0.2, -0.15) is 4.31 Å². The quantitative estimate of drug-likeness (QED) is 0.883. The summed E-state index contributed by atoms with van der Waals surface area (Å²) in [5.41, 5.74) is 0.740. The van der Waals surface area contributed by atoms with Crippen LogP contribution in [0.2, 0.25) is 0 Å². The summed E-state index contributed by atoms with van der Waals surface area (Å²) in [5, 5.41) is 11.2. The summed E-state index contributed by atoms with van der Waals surface area (Å²) in [6.45, 7) is 5.43. The second-order valence-corrected chi connectivity index (χ2v) is 8.82. The van der Waals surface area contributed by atoms with E-state index in [-0.39, 0.29) is 6.61 Å². The smallest absolute Gasteiger partial charge is 0.244 e. The van der Waals surface area contributed by atoms with Gasteiger partial charge in [-0.3, -0.25) is 0 Å². The Kier molecular flexibility index (Phi) is 4.38. The van der Waals surface area contributed by atoms with E-state index in [1.165, 1.54) is 24.2 Å². The Morgan fingerprint density at radius 3 is 2.52 bits per heavy atom. The van der Waals surface area contributed by atoms with Crippen molar-refractivity contribution in [2.75, 3.05) is 32.7 Å². The van der Waals surface area contributed by atoms with Gasteiger partial charge < -0.3 is 10.0 Å². The number of nitrogens with zero attached hydrogens (tertiary/aromatic N) is 2. The molecular weight excluding hydrogens is 308 g/mol. The van der Waals surface area contributed by atoms with Crippen LogP contribution in [0.15, 0.2) is 10.3 Å². The van der Waals surface area contributed by atoms with E-state index in [1.54, 1.807) is 11.2 Å². The average molecular weight is 330 g/mol. The third-order valence-corrected chi connectivity index (χ3v) is 7.62. The lowest BCUT2D eigenvalue weighted by Gasteiger charge is -2.34. The molecule has 1 N–H and O–H groups in total. The van der Waals surface area contributed by atoms with Crippen LogP contribution in [-0.4, -0.2) is 55.5 Å². The minimum Gasteiger partial charge on any atom is -0.391 e. The molecule has 1 saturated carbocycles. The molecule has 1 aliphatic carbocycles. The van der Waals surface area contributed by atoms with Crippen molar-refractivity contribution in [2.24, 2.45) is 5.92 Å². The molecule has 1 aromatic heterocycles. The van der Waals surface area contributed by atoms with Crippen LogP contribution in [0.1, 0.15) is 23.3 Å². The van der Waals surface area contributed by atoms with Crippen LogP contribution in [0.4, 0.5) is 0 Å². The first kappa shape index (κ1) is 15.4. The number of aryl methyl sites for hydroxylation is 1. The van der Waals surface area contributed by atoms with Crippen LogP contribution in [0.3, 0.4) is 0 Å². The summed E-state index contributed by atoms with van der Waals surface area (Å²) in [4.78, 5) is 3.25. The van der Waals surface area contributed by atoms with Crippen molar-refractivity contribution < 1.29 is 13.5 Å². The lowest BCUT2D eigenvalue weighted by molar-refractivity contribution is 0.182. The molecule has 0 spiro atoms. The predicted molar refractivity (Wildman–Crippen MR) is 82.9 cm³/mol. The Bertz CT molecular complexity index is 600. The van der Waals surface area contributed by atoms with Crippen molar-refractivity contribution in [2.45, 2.75) is 31.3 Å². The van der Waals surface area contributed by atoms with Crippen molar-refractivity contribution >= 4 is 21.4 Å². The van der Waals surface area contributed by atoms with E-state index in [0.29, 0.717) is 22.9 Å². The van der Waals surface area contributed by atoms with Crippen molar-refractivity contribution in [1.29, 1.82) is 0 Å². The van der Waals surface area contributed by atoms with E-state index in [0.717, 1.165) is 31.1 Å². The molecule has 0 unspecified atom stereocenters. The van der Waals surface area contributed by atoms with Crippen molar-refractivity contribution in [1.82, 2.24) is 9.21 Å². The summed E-state index contributed by atoms with van der Waals surface area (Å²) < 4.78 is 27.2. The average Bonchev–Trinajstić information content (AvgIpc) is 3.19. The van der Waals surface area contributed by atoms with Gasteiger partial charge in [-0.1, -0.05) is 0 Å². The molecule has 118 valence electrons. The van der Waals surface area contributed by atoms with Crippen molar-refractivity contribution in [3.05, 3.63) is 15.8 Å². The first-order valence-corrected chi connectivity index (χ1v) is 9.74. The summed E-state index contributed by atoms with van der Waals surface area (Å²) in [6, 6.07) is 0. The molecule has 2 aliphatic rings. The molecule has 1 aromatic rings. The molecular formula is C14H22N2O3S2. The highest BCUT2D eigenvalue weighted by atomic mass is 32.2. The molecule has 21 heavy (non-hydrogen) atoms. The molecule has 5 nitrogen and oxygen atoms in total. The second kappa shape index (κ2) is 5.96. The maximum Gasteiger partial charge on any atom is 0.244 e. The summed E-state index contributed by atoms with van der Waals surface area (Å²) in [7, 11) is -3.47. The van der Waals surface area contributed by atoms with Gasteiger partial charge in [-0.05, 0) is 36.6 Å².